The lowest BCUT2D eigenvalue weighted by Crippen LogP contribution is -2.19. The summed E-state index contributed by atoms with van der Waals surface area (Å²) >= 11 is 0. The molecular formula is C16H25N7O. The Hall–Kier alpha value is -2.38. The topological polar surface area (TPSA) is 121 Å². The summed E-state index contributed by atoms with van der Waals surface area (Å²) in [4.78, 5) is 4.28. The van der Waals surface area contributed by atoms with Crippen molar-refractivity contribution in [2.24, 2.45) is 10.7 Å². The molecule has 8 nitrogen and oxygen atoms in total. The first-order valence-electron chi connectivity index (χ1n) is 8.38. The van der Waals surface area contributed by atoms with Gasteiger partial charge in [-0.25, -0.2) is 9.67 Å². The number of hydrogen-bond acceptors (Lipinski definition) is 6. The van der Waals surface area contributed by atoms with Gasteiger partial charge in [0.05, 0.1) is 6.04 Å². The monoisotopic (exact) mass is 331 g/mol. The Morgan fingerprint density at radius 3 is 2.62 bits per heavy atom. The minimum atomic E-state index is -0.140. The van der Waals surface area contributed by atoms with Crippen molar-refractivity contribution >= 4 is 17.5 Å². The summed E-state index contributed by atoms with van der Waals surface area (Å²) < 4.78 is 7.09. The Labute approximate surface area is 141 Å². The molecule has 2 heterocycles. The lowest BCUT2D eigenvalue weighted by Gasteiger charge is -2.22. The van der Waals surface area contributed by atoms with E-state index in [1.165, 1.54) is 19.3 Å². The molecule has 0 aliphatic heterocycles. The molecule has 0 unspecified atom stereocenters. The zero-order valence-corrected chi connectivity index (χ0v) is 14.5. The van der Waals surface area contributed by atoms with E-state index in [0.717, 1.165) is 18.6 Å². The van der Waals surface area contributed by atoms with E-state index in [4.69, 9.17) is 16.0 Å². The highest BCUT2D eigenvalue weighted by molar-refractivity contribution is 6.00. The van der Waals surface area contributed by atoms with Crippen LogP contribution < -0.4 is 11.5 Å². The van der Waals surface area contributed by atoms with Crippen LogP contribution in [0.25, 0.3) is 0 Å². The van der Waals surface area contributed by atoms with Gasteiger partial charge in [-0.15, -0.1) is 5.10 Å². The smallest absolute Gasteiger partial charge is 0.197 e. The van der Waals surface area contributed by atoms with Crippen LogP contribution in [0.5, 0.6) is 0 Å². The first kappa shape index (κ1) is 16.5. The van der Waals surface area contributed by atoms with Crippen LogP contribution in [0, 0.1) is 0 Å². The Bertz CT molecular complexity index is 732. The molecule has 2 aromatic heterocycles. The second-order valence-corrected chi connectivity index (χ2v) is 7.36. The highest BCUT2D eigenvalue weighted by atomic mass is 16.5. The van der Waals surface area contributed by atoms with Crippen molar-refractivity contribution in [1.29, 1.82) is 0 Å². The van der Waals surface area contributed by atoms with Crippen LogP contribution in [0.2, 0.25) is 0 Å². The molecule has 1 aliphatic rings. The molecule has 8 heteroatoms. The number of amidine groups is 1. The average Bonchev–Trinajstić information content (AvgIpc) is 3.14. The maximum atomic E-state index is 6.20. The third-order valence-corrected chi connectivity index (χ3v) is 4.37. The first-order valence-corrected chi connectivity index (χ1v) is 8.38. The minimum Gasteiger partial charge on any atom is -0.382 e. The van der Waals surface area contributed by atoms with Gasteiger partial charge in [0.25, 0.3) is 0 Å². The van der Waals surface area contributed by atoms with Gasteiger partial charge in [-0.1, -0.05) is 50.4 Å². The summed E-state index contributed by atoms with van der Waals surface area (Å²) in [6.07, 6.45) is 5.79. The lowest BCUT2D eigenvalue weighted by molar-refractivity contribution is 0.328. The van der Waals surface area contributed by atoms with Crippen molar-refractivity contribution in [3.63, 3.8) is 0 Å². The number of nitrogens with two attached hydrogens (primary N) is 2. The largest absolute Gasteiger partial charge is 0.382 e. The first-order chi connectivity index (χ1) is 11.4. The molecule has 0 aromatic carbocycles. The Balaban J connectivity index is 1.83. The molecule has 0 atom stereocenters. The molecule has 1 aliphatic carbocycles. The van der Waals surface area contributed by atoms with E-state index in [1.54, 1.807) is 10.7 Å². The molecule has 24 heavy (non-hydrogen) atoms. The van der Waals surface area contributed by atoms with Crippen LogP contribution in [0.1, 0.15) is 70.4 Å². The molecule has 1 fully saturated rings. The standard InChI is InChI=1S/C16H25N7O/c1-16(2,3)11-9-12(21-24-11)19-14(17)13-15(18)23(22-20-13)10-7-5-4-6-8-10/h9-10H,4-8,18H2,1-3H3,(H2,17,19,21). The quantitative estimate of drug-likeness (QED) is 0.658. The van der Waals surface area contributed by atoms with Crippen LogP contribution >= 0.6 is 0 Å². The SMILES string of the molecule is CC(C)(C)c1cc(N=C(N)c2nnn(C3CCCCC3)c2N)no1. The fraction of sp³-hybridized carbons (Fsp3) is 0.625. The highest BCUT2D eigenvalue weighted by Crippen LogP contribution is 2.30. The molecule has 0 spiro atoms. The second kappa shape index (κ2) is 6.26. The molecule has 0 bridgehead atoms. The number of hydrogen-bond donors (Lipinski definition) is 2. The highest BCUT2D eigenvalue weighted by Gasteiger charge is 2.23. The van der Waals surface area contributed by atoms with Crippen molar-refractivity contribution in [3.8, 4) is 0 Å². The Kier molecular flexibility index (Phi) is 4.29. The van der Waals surface area contributed by atoms with Gasteiger partial charge in [0.1, 0.15) is 5.76 Å². The lowest BCUT2D eigenvalue weighted by atomic mass is 9.93. The summed E-state index contributed by atoms with van der Waals surface area (Å²) in [5.41, 5.74) is 12.5. The van der Waals surface area contributed by atoms with Gasteiger partial charge in [-0.05, 0) is 12.8 Å². The van der Waals surface area contributed by atoms with Crippen molar-refractivity contribution in [2.75, 3.05) is 5.73 Å². The van der Waals surface area contributed by atoms with Crippen molar-refractivity contribution in [1.82, 2.24) is 20.2 Å². The molecule has 1 saturated carbocycles. The van der Waals surface area contributed by atoms with Gasteiger partial charge in [0, 0.05) is 11.5 Å². The Morgan fingerprint density at radius 2 is 2.00 bits per heavy atom. The summed E-state index contributed by atoms with van der Waals surface area (Å²) in [5.74, 6) is 1.81. The molecule has 0 amide bonds. The number of nitrogens with zero attached hydrogens (tertiary/aromatic N) is 5. The predicted molar refractivity (Wildman–Crippen MR) is 92.1 cm³/mol. The number of aliphatic imine (C=N–C) groups is 1. The van der Waals surface area contributed by atoms with Gasteiger partial charge < -0.3 is 16.0 Å². The molecule has 0 saturated heterocycles. The van der Waals surface area contributed by atoms with E-state index in [-0.39, 0.29) is 11.3 Å². The molecule has 3 rings (SSSR count). The maximum Gasteiger partial charge on any atom is 0.197 e. The molecule has 0 radical (unpaired) electrons. The minimum absolute atomic E-state index is 0.140. The number of nitrogen functional groups attached to an aromatic ring is 1. The van der Waals surface area contributed by atoms with Gasteiger partial charge in [-0.2, -0.15) is 0 Å². The third-order valence-electron chi connectivity index (χ3n) is 4.37. The molecular weight excluding hydrogens is 306 g/mol. The van der Waals surface area contributed by atoms with Crippen molar-refractivity contribution in [2.45, 2.75) is 64.3 Å². The van der Waals surface area contributed by atoms with Crippen LogP contribution in [0.4, 0.5) is 11.6 Å². The van der Waals surface area contributed by atoms with Crippen LogP contribution in [-0.4, -0.2) is 26.0 Å². The van der Waals surface area contributed by atoms with Crippen molar-refractivity contribution < 1.29 is 4.52 Å². The summed E-state index contributed by atoms with van der Waals surface area (Å²) in [6.45, 7) is 6.12. The summed E-state index contributed by atoms with van der Waals surface area (Å²) in [6, 6.07) is 2.07. The Morgan fingerprint density at radius 1 is 1.29 bits per heavy atom. The van der Waals surface area contributed by atoms with Gasteiger partial charge in [0.15, 0.2) is 23.2 Å². The summed E-state index contributed by atoms with van der Waals surface area (Å²) in [5, 5.41) is 12.2. The van der Waals surface area contributed by atoms with Crippen LogP contribution in [0.3, 0.4) is 0 Å². The predicted octanol–water partition coefficient (Wildman–Crippen LogP) is 2.69. The van der Waals surface area contributed by atoms with E-state index < -0.39 is 0 Å². The van der Waals surface area contributed by atoms with Crippen molar-refractivity contribution in [3.05, 3.63) is 17.5 Å². The van der Waals surface area contributed by atoms with E-state index in [2.05, 4.69) is 20.5 Å². The van der Waals surface area contributed by atoms with E-state index in [0.29, 0.717) is 23.4 Å². The second-order valence-electron chi connectivity index (χ2n) is 7.36. The van der Waals surface area contributed by atoms with Gasteiger partial charge in [0.2, 0.25) is 0 Å². The fourth-order valence-electron chi connectivity index (χ4n) is 2.93. The normalized spacial score (nSPS) is 17.4. The zero-order chi connectivity index (χ0) is 17.3. The van der Waals surface area contributed by atoms with Gasteiger partial charge in [-0.3, -0.25) is 0 Å². The molecule has 2 aromatic rings. The maximum absolute atomic E-state index is 6.20. The fourth-order valence-corrected chi connectivity index (χ4v) is 2.93. The number of anilines is 1. The van der Waals surface area contributed by atoms with E-state index in [1.807, 2.05) is 20.8 Å². The summed E-state index contributed by atoms with van der Waals surface area (Å²) in [7, 11) is 0. The third kappa shape index (κ3) is 3.27. The number of rotatable bonds is 3. The van der Waals surface area contributed by atoms with E-state index in [9.17, 15) is 0 Å². The average molecular weight is 331 g/mol. The molecule has 130 valence electrons. The van der Waals surface area contributed by atoms with Crippen LogP contribution in [-0.2, 0) is 5.41 Å². The van der Waals surface area contributed by atoms with Gasteiger partial charge >= 0.3 is 0 Å². The zero-order valence-electron chi connectivity index (χ0n) is 14.5. The number of aromatic nitrogens is 4. The van der Waals surface area contributed by atoms with Crippen LogP contribution in [0.15, 0.2) is 15.6 Å². The van der Waals surface area contributed by atoms with E-state index >= 15 is 0 Å². The molecule has 4 N–H and O–H groups in total.